The van der Waals surface area contributed by atoms with Crippen molar-refractivity contribution in [1.29, 1.82) is 5.26 Å². The number of hydrogen-bond donors (Lipinski definition) is 2. The van der Waals surface area contributed by atoms with Crippen LogP contribution in [0.4, 0.5) is 11.5 Å². The molecule has 4 fully saturated rings. The van der Waals surface area contributed by atoms with Crippen molar-refractivity contribution in [2.75, 3.05) is 22.6 Å². The molecule has 3 unspecified atom stereocenters. The van der Waals surface area contributed by atoms with E-state index in [0.29, 0.717) is 46.3 Å². The van der Waals surface area contributed by atoms with Crippen LogP contribution in [0.25, 0.3) is 0 Å². The maximum absolute atomic E-state index is 12.9. The number of benzene rings is 1. The highest BCUT2D eigenvalue weighted by atomic mass is 35.5. The molecular formula is C25H27ClN4O2S. The van der Waals surface area contributed by atoms with Crippen LogP contribution in [0.15, 0.2) is 29.2 Å². The largest absolute Gasteiger partial charge is 0.394 e. The Bertz CT molecular complexity index is 1160. The molecule has 3 atom stereocenters. The molecule has 2 saturated heterocycles. The van der Waals surface area contributed by atoms with Crippen LogP contribution in [0.2, 0.25) is 5.02 Å². The molecule has 1 aromatic heterocycles. The molecule has 0 spiro atoms. The Kier molecular flexibility index (Phi) is 5.17. The Balaban J connectivity index is 1.36. The van der Waals surface area contributed by atoms with E-state index in [9.17, 15) is 14.6 Å². The van der Waals surface area contributed by atoms with Gasteiger partial charge in [-0.2, -0.15) is 5.26 Å². The Morgan fingerprint density at radius 3 is 2.58 bits per heavy atom. The van der Waals surface area contributed by atoms with Gasteiger partial charge in [0, 0.05) is 29.3 Å². The lowest BCUT2D eigenvalue weighted by atomic mass is 9.71. The summed E-state index contributed by atoms with van der Waals surface area (Å²) >= 11 is 6.08. The zero-order valence-corrected chi connectivity index (χ0v) is 20.0. The van der Waals surface area contributed by atoms with Gasteiger partial charge >= 0.3 is 0 Å². The van der Waals surface area contributed by atoms with Crippen LogP contribution in [0, 0.1) is 11.3 Å². The number of aliphatic hydroxyl groups excluding tert-OH is 1. The van der Waals surface area contributed by atoms with Gasteiger partial charge < -0.3 is 15.3 Å². The highest BCUT2D eigenvalue weighted by Crippen LogP contribution is 2.50. The van der Waals surface area contributed by atoms with Crippen molar-refractivity contribution in [2.24, 2.45) is 0 Å². The van der Waals surface area contributed by atoms with Crippen LogP contribution >= 0.6 is 11.6 Å². The highest BCUT2D eigenvalue weighted by molar-refractivity contribution is 7.85. The van der Waals surface area contributed by atoms with Gasteiger partial charge in [0.2, 0.25) is 0 Å². The molecule has 8 heteroatoms. The molecule has 2 bridgehead atoms. The summed E-state index contributed by atoms with van der Waals surface area (Å²) < 4.78 is 12.9. The topological polar surface area (TPSA) is 89.2 Å². The molecule has 0 amide bonds. The number of halogens is 1. The monoisotopic (exact) mass is 482 g/mol. The standard InChI is InChI=1S/C25H27ClN4O2S/c26-17-4-2-15(3-5-17)16-10-18-12-19(11-16)30(18)24-20(13-27)22(29-25(14-31)7-1-8-25)23-21(28-24)6-9-33(23)32/h2-5,16,18-19,31H,1,6-12,14H2,(H,28,29). The lowest BCUT2D eigenvalue weighted by Gasteiger charge is -2.56. The van der Waals surface area contributed by atoms with Crippen molar-refractivity contribution in [3.05, 3.63) is 46.1 Å². The van der Waals surface area contributed by atoms with Crippen molar-refractivity contribution in [3.8, 4) is 6.07 Å². The van der Waals surface area contributed by atoms with Gasteiger partial charge in [-0.3, -0.25) is 4.21 Å². The first-order valence-corrected chi connectivity index (χ1v) is 13.5. The third-order valence-corrected chi connectivity index (χ3v) is 9.82. The van der Waals surface area contributed by atoms with Gasteiger partial charge in [0.1, 0.15) is 17.5 Å². The fourth-order valence-corrected chi connectivity index (χ4v) is 7.64. The van der Waals surface area contributed by atoms with E-state index < -0.39 is 16.3 Å². The molecule has 2 aliphatic carbocycles. The number of rotatable bonds is 5. The Morgan fingerprint density at radius 2 is 1.97 bits per heavy atom. The molecule has 172 valence electrons. The number of nitrogens with zero attached hydrogens (tertiary/aromatic N) is 3. The van der Waals surface area contributed by atoms with E-state index in [0.717, 1.165) is 55.1 Å². The Morgan fingerprint density at radius 1 is 1.24 bits per heavy atom. The van der Waals surface area contributed by atoms with Crippen LogP contribution < -0.4 is 10.2 Å². The van der Waals surface area contributed by atoms with Crippen molar-refractivity contribution >= 4 is 33.9 Å². The van der Waals surface area contributed by atoms with E-state index >= 15 is 0 Å². The number of aromatic nitrogens is 1. The first-order valence-electron chi connectivity index (χ1n) is 11.8. The molecule has 0 radical (unpaired) electrons. The highest BCUT2D eigenvalue weighted by Gasteiger charge is 2.48. The van der Waals surface area contributed by atoms with Gasteiger partial charge in [0.25, 0.3) is 0 Å². The summed E-state index contributed by atoms with van der Waals surface area (Å²) in [6, 6.07) is 11.3. The predicted molar refractivity (Wildman–Crippen MR) is 129 cm³/mol. The summed E-state index contributed by atoms with van der Waals surface area (Å²) in [7, 11) is -1.17. The van der Waals surface area contributed by atoms with E-state index in [4.69, 9.17) is 16.6 Å². The Hall–Kier alpha value is -2.14. The average Bonchev–Trinajstić information content (AvgIpc) is 3.17. The van der Waals surface area contributed by atoms with Gasteiger partial charge in [0.05, 0.1) is 39.2 Å². The number of pyridine rings is 1. The van der Waals surface area contributed by atoms with Gasteiger partial charge in [-0.05, 0) is 62.1 Å². The number of fused-ring (bicyclic) bond motifs is 3. The smallest absolute Gasteiger partial charge is 0.149 e. The molecule has 5 aliphatic rings. The summed E-state index contributed by atoms with van der Waals surface area (Å²) in [6.45, 7) is 0.00860. The number of aliphatic hydroxyl groups is 1. The van der Waals surface area contributed by atoms with Gasteiger partial charge in [-0.15, -0.1) is 0 Å². The lowest BCUT2D eigenvalue weighted by molar-refractivity contribution is 0.144. The molecule has 33 heavy (non-hydrogen) atoms. The molecule has 1 aromatic carbocycles. The van der Waals surface area contributed by atoms with Crippen LogP contribution in [-0.2, 0) is 17.2 Å². The molecule has 2 aromatic rings. The van der Waals surface area contributed by atoms with Gasteiger partial charge in [-0.25, -0.2) is 4.98 Å². The molecule has 4 heterocycles. The summed E-state index contributed by atoms with van der Waals surface area (Å²) in [5.41, 5.74) is 2.89. The first kappa shape index (κ1) is 21.4. The normalized spacial score (nSPS) is 28.9. The molecule has 2 N–H and O–H groups in total. The second-order valence-corrected chi connectivity index (χ2v) is 11.9. The second kappa shape index (κ2) is 7.97. The number of hydrogen-bond acceptors (Lipinski definition) is 6. The first-order chi connectivity index (χ1) is 16.0. The number of nitriles is 1. The number of nitrogens with one attached hydrogen (secondary N) is 1. The molecule has 7 rings (SSSR count). The van der Waals surface area contributed by atoms with Crippen molar-refractivity contribution in [1.82, 2.24) is 4.98 Å². The molecular weight excluding hydrogens is 456 g/mol. The maximum Gasteiger partial charge on any atom is 0.149 e. The SMILES string of the molecule is N#Cc1c(N2C3CC(c4ccc(Cl)cc4)CC2C3)nc2c(c1NC1(CO)CCC1)S(=O)CC2. The van der Waals surface area contributed by atoms with Crippen LogP contribution in [-0.4, -0.2) is 44.3 Å². The van der Waals surface area contributed by atoms with E-state index in [-0.39, 0.29) is 6.61 Å². The summed E-state index contributed by atoms with van der Waals surface area (Å²) in [6.07, 6.45) is 6.58. The van der Waals surface area contributed by atoms with E-state index in [1.807, 2.05) is 12.1 Å². The van der Waals surface area contributed by atoms with Crippen molar-refractivity contribution in [3.63, 3.8) is 0 Å². The third kappa shape index (κ3) is 3.38. The third-order valence-electron chi connectivity index (χ3n) is 8.10. The average molecular weight is 483 g/mol. The van der Waals surface area contributed by atoms with E-state index in [1.54, 1.807) is 0 Å². The Labute approximate surface area is 201 Å². The minimum absolute atomic E-state index is 0.00860. The van der Waals surface area contributed by atoms with Crippen molar-refractivity contribution < 1.29 is 9.32 Å². The van der Waals surface area contributed by atoms with E-state index in [1.165, 1.54) is 5.56 Å². The summed E-state index contributed by atoms with van der Waals surface area (Å²) in [4.78, 5) is 7.96. The lowest BCUT2D eigenvalue weighted by Crippen LogP contribution is -2.61. The number of anilines is 2. The van der Waals surface area contributed by atoms with Crippen LogP contribution in [0.5, 0.6) is 0 Å². The maximum atomic E-state index is 12.9. The molecule has 6 nitrogen and oxygen atoms in total. The number of piperidine rings is 1. The fraction of sp³-hybridized carbons (Fsp3) is 0.520. The fourth-order valence-electron chi connectivity index (χ4n) is 6.14. The molecule has 2 saturated carbocycles. The second-order valence-electron chi connectivity index (χ2n) is 9.96. The minimum Gasteiger partial charge on any atom is -0.394 e. The van der Waals surface area contributed by atoms with Crippen LogP contribution in [0.1, 0.15) is 61.3 Å². The number of aryl methyl sites for hydroxylation is 1. The van der Waals surface area contributed by atoms with Gasteiger partial charge in [-0.1, -0.05) is 23.7 Å². The zero-order valence-electron chi connectivity index (χ0n) is 18.4. The molecule has 3 aliphatic heterocycles. The summed E-state index contributed by atoms with van der Waals surface area (Å²) in [5.74, 6) is 1.77. The quantitative estimate of drug-likeness (QED) is 0.666. The zero-order chi connectivity index (χ0) is 22.7. The van der Waals surface area contributed by atoms with Crippen LogP contribution in [0.3, 0.4) is 0 Å². The van der Waals surface area contributed by atoms with E-state index in [2.05, 4.69) is 28.4 Å². The minimum atomic E-state index is -1.17. The summed E-state index contributed by atoms with van der Waals surface area (Å²) in [5, 5.41) is 24.5. The van der Waals surface area contributed by atoms with Crippen molar-refractivity contribution in [2.45, 2.75) is 73.4 Å². The predicted octanol–water partition coefficient (Wildman–Crippen LogP) is 4.12. The van der Waals surface area contributed by atoms with Gasteiger partial charge in [0.15, 0.2) is 0 Å².